The van der Waals surface area contributed by atoms with Gasteiger partial charge in [0.15, 0.2) is 12.2 Å². The summed E-state index contributed by atoms with van der Waals surface area (Å²) < 4.78 is 68.4. The van der Waals surface area contributed by atoms with Crippen LogP contribution in [0.15, 0.2) is 0 Å². The van der Waals surface area contributed by atoms with Gasteiger partial charge in [-0.15, -0.1) is 0 Å². The van der Waals surface area contributed by atoms with Gasteiger partial charge in [0.2, 0.25) is 0 Å². The van der Waals surface area contributed by atoms with Crippen molar-refractivity contribution in [2.45, 2.75) is 426 Å². The van der Waals surface area contributed by atoms with Gasteiger partial charge in [-0.2, -0.15) is 0 Å². The van der Waals surface area contributed by atoms with Crippen molar-refractivity contribution in [2.75, 3.05) is 39.6 Å². The van der Waals surface area contributed by atoms with Crippen LogP contribution in [0.2, 0.25) is 0 Å². The number of aliphatic hydroxyl groups is 1. The second-order valence-corrected chi connectivity index (χ2v) is 31.7. The molecule has 6 atom stereocenters. The summed E-state index contributed by atoms with van der Waals surface area (Å²) in [5, 5.41) is 10.6. The lowest BCUT2D eigenvalue weighted by atomic mass is 9.99. The molecule has 0 aliphatic carbocycles. The summed E-state index contributed by atoms with van der Waals surface area (Å²) in [6.45, 7) is 9.56. The molecule has 3 N–H and O–H groups in total. The van der Waals surface area contributed by atoms with Crippen molar-refractivity contribution in [3.63, 3.8) is 0 Å². The molecule has 0 saturated heterocycles. The topological polar surface area (TPSA) is 237 Å². The maximum Gasteiger partial charge on any atom is 0.472 e. The number of aliphatic hydroxyl groups excluding tert-OH is 1. The molecule has 0 aromatic carbocycles. The lowest BCUT2D eigenvalue weighted by Gasteiger charge is -2.21. The van der Waals surface area contributed by atoms with Crippen molar-refractivity contribution in [3.8, 4) is 0 Å². The fraction of sp³-hybridized carbons (Fsp3) is 0.949. The standard InChI is InChI=1S/C78H152O17P2/c1-7-10-12-14-15-16-17-18-19-20-21-22-23-24-25-30-33-39-44-50-56-62-78(83)95-74(67-89-76(81)61-55-49-43-38-32-29-27-26-28-31-37-42-48-53-59-71(6)9-3)69-93-97(86,87)91-65-72(79)64-90-96(84,85)92-68-73(66-88-75(80)60-54-46-13-11-8-2)94-77(82)63-57-51-45-40-35-34-36-41-47-52-58-70(4)5/h70-74,79H,7-69H2,1-6H3,(H,84,85)(H,86,87)/t71?,72-,73+,74+/m0/s1. The molecule has 0 spiro atoms. The largest absolute Gasteiger partial charge is 0.472 e. The number of ether oxygens (including phenoxy) is 4. The van der Waals surface area contributed by atoms with E-state index in [1.165, 1.54) is 218 Å². The molecule has 3 unspecified atom stereocenters. The van der Waals surface area contributed by atoms with Gasteiger partial charge in [-0.05, 0) is 37.5 Å². The average molecular weight is 1420 g/mol. The van der Waals surface area contributed by atoms with Crippen LogP contribution in [0.4, 0.5) is 0 Å². The number of phosphoric acid groups is 2. The summed E-state index contributed by atoms with van der Waals surface area (Å²) in [7, 11) is -9.90. The van der Waals surface area contributed by atoms with Crippen LogP contribution in [0, 0.1) is 11.8 Å². The van der Waals surface area contributed by atoms with Crippen molar-refractivity contribution in [3.05, 3.63) is 0 Å². The second-order valence-electron chi connectivity index (χ2n) is 28.8. The van der Waals surface area contributed by atoms with Crippen molar-refractivity contribution in [1.82, 2.24) is 0 Å². The maximum absolute atomic E-state index is 13.1. The minimum Gasteiger partial charge on any atom is -0.462 e. The van der Waals surface area contributed by atoms with E-state index in [1.807, 2.05) is 0 Å². The lowest BCUT2D eigenvalue weighted by molar-refractivity contribution is -0.161. The maximum atomic E-state index is 13.1. The zero-order chi connectivity index (χ0) is 71.4. The van der Waals surface area contributed by atoms with Crippen LogP contribution in [0.3, 0.4) is 0 Å². The van der Waals surface area contributed by atoms with E-state index in [4.69, 9.17) is 37.0 Å². The number of carbonyl (C=O) groups excluding carboxylic acids is 4. The fourth-order valence-electron chi connectivity index (χ4n) is 12.0. The molecule has 576 valence electrons. The van der Waals surface area contributed by atoms with E-state index < -0.39 is 97.5 Å². The van der Waals surface area contributed by atoms with Crippen LogP contribution >= 0.6 is 15.6 Å². The predicted octanol–water partition coefficient (Wildman–Crippen LogP) is 23.1. The molecule has 0 radical (unpaired) electrons. The Morgan fingerprint density at radius 3 is 0.784 bits per heavy atom. The molecule has 0 aliphatic rings. The number of phosphoric ester groups is 2. The van der Waals surface area contributed by atoms with Crippen molar-refractivity contribution in [2.24, 2.45) is 11.8 Å². The van der Waals surface area contributed by atoms with Gasteiger partial charge in [0.1, 0.15) is 19.3 Å². The molecule has 0 rings (SSSR count). The minimum absolute atomic E-state index is 0.105. The third-order valence-corrected chi connectivity index (χ3v) is 20.5. The molecule has 0 bridgehead atoms. The first-order valence-corrected chi connectivity index (χ1v) is 43.5. The molecule has 0 aromatic rings. The quantitative estimate of drug-likeness (QED) is 0.0222. The first-order valence-electron chi connectivity index (χ1n) is 40.5. The molecule has 0 saturated carbocycles. The molecular formula is C78H152O17P2. The van der Waals surface area contributed by atoms with Crippen molar-refractivity contribution in [1.29, 1.82) is 0 Å². The monoisotopic (exact) mass is 1420 g/mol. The molecule has 0 aromatic heterocycles. The molecule has 0 aliphatic heterocycles. The van der Waals surface area contributed by atoms with E-state index in [1.54, 1.807) is 0 Å². The predicted molar refractivity (Wildman–Crippen MR) is 395 cm³/mol. The van der Waals surface area contributed by atoms with Crippen LogP contribution in [-0.2, 0) is 65.4 Å². The van der Waals surface area contributed by atoms with Gasteiger partial charge < -0.3 is 33.8 Å². The molecule has 0 amide bonds. The molecule has 0 fully saturated rings. The van der Waals surface area contributed by atoms with Gasteiger partial charge in [0.05, 0.1) is 26.4 Å². The highest BCUT2D eigenvalue weighted by Crippen LogP contribution is 2.45. The summed E-state index contributed by atoms with van der Waals surface area (Å²) in [5.41, 5.74) is 0. The van der Waals surface area contributed by atoms with E-state index in [0.717, 1.165) is 108 Å². The number of hydrogen-bond donors (Lipinski definition) is 3. The van der Waals surface area contributed by atoms with Gasteiger partial charge >= 0.3 is 39.5 Å². The Morgan fingerprint density at radius 1 is 0.299 bits per heavy atom. The smallest absolute Gasteiger partial charge is 0.462 e. The van der Waals surface area contributed by atoms with Crippen LogP contribution in [0.5, 0.6) is 0 Å². The zero-order valence-corrected chi connectivity index (χ0v) is 65.2. The number of rotatable bonds is 77. The Bertz CT molecular complexity index is 1870. The highest BCUT2D eigenvalue weighted by molar-refractivity contribution is 7.47. The summed E-state index contributed by atoms with van der Waals surface area (Å²) in [5.74, 6) is -0.523. The molecule has 19 heteroatoms. The normalized spacial score (nSPS) is 14.2. The first kappa shape index (κ1) is 95.1. The Kier molecular flexibility index (Phi) is 68.4. The van der Waals surface area contributed by atoms with E-state index in [-0.39, 0.29) is 25.7 Å². The highest BCUT2D eigenvalue weighted by Gasteiger charge is 2.30. The van der Waals surface area contributed by atoms with Gasteiger partial charge in [-0.3, -0.25) is 37.3 Å². The number of hydrogen-bond acceptors (Lipinski definition) is 15. The second kappa shape index (κ2) is 69.8. The van der Waals surface area contributed by atoms with Crippen molar-refractivity contribution >= 4 is 39.5 Å². The van der Waals surface area contributed by atoms with E-state index >= 15 is 0 Å². The number of carbonyl (C=O) groups is 4. The SMILES string of the molecule is CCCCCCCCCCCCCCCCCCCCCCCC(=O)O[C@H](COC(=O)CCCCCCCCCCCCCCCCC(C)CC)COP(=O)(O)OC[C@@H](O)COP(=O)(O)OC[C@@H](COC(=O)CCCCCCC)OC(=O)CCCCCCCCCCCCC(C)C. The van der Waals surface area contributed by atoms with Crippen LogP contribution in [0.1, 0.15) is 408 Å². The first-order chi connectivity index (χ1) is 46.9. The molecule has 17 nitrogen and oxygen atoms in total. The summed E-state index contributed by atoms with van der Waals surface area (Å²) in [6, 6.07) is 0. The van der Waals surface area contributed by atoms with Crippen LogP contribution < -0.4 is 0 Å². The summed E-state index contributed by atoms with van der Waals surface area (Å²) >= 11 is 0. The molecular weight excluding hydrogens is 1270 g/mol. The van der Waals surface area contributed by atoms with E-state index in [9.17, 15) is 43.2 Å². The van der Waals surface area contributed by atoms with Gasteiger partial charge in [-0.1, -0.05) is 356 Å². The number of unbranched alkanes of at least 4 members (excludes halogenated alkanes) is 46. The number of esters is 4. The van der Waals surface area contributed by atoms with Crippen LogP contribution in [-0.4, -0.2) is 96.7 Å². The zero-order valence-electron chi connectivity index (χ0n) is 63.4. The summed E-state index contributed by atoms with van der Waals surface area (Å²) in [6.07, 6.45) is 58.8. The Hall–Kier alpha value is -1.94. The lowest BCUT2D eigenvalue weighted by Crippen LogP contribution is -2.30. The van der Waals surface area contributed by atoms with E-state index in [2.05, 4.69) is 41.5 Å². The van der Waals surface area contributed by atoms with Gasteiger partial charge in [0.25, 0.3) is 0 Å². The molecule has 97 heavy (non-hydrogen) atoms. The Labute approximate surface area is 594 Å². The summed E-state index contributed by atoms with van der Waals surface area (Å²) in [4.78, 5) is 72.6. The Balaban J connectivity index is 5.13. The van der Waals surface area contributed by atoms with Crippen molar-refractivity contribution < 1.29 is 80.2 Å². The van der Waals surface area contributed by atoms with Crippen LogP contribution in [0.25, 0.3) is 0 Å². The fourth-order valence-corrected chi connectivity index (χ4v) is 13.6. The van der Waals surface area contributed by atoms with Gasteiger partial charge in [0, 0.05) is 25.7 Å². The van der Waals surface area contributed by atoms with E-state index in [0.29, 0.717) is 25.7 Å². The third-order valence-electron chi connectivity index (χ3n) is 18.6. The minimum atomic E-state index is -4.96. The average Bonchev–Trinajstić information content (AvgIpc) is 1.32. The molecule has 0 heterocycles. The highest BCUT2D eigenvalue weighted by atomic mass is 31.2. The Morgan fingerprint density at radius 2 is 0.526 bits per heavy atom. The third kappa shape index (κ3) is 70.9. The van der Waals surface area contributed by atoms with Gasteiger partial charge in [-0.25, -0.2) is 9.13 Å².